The van der Waals surface area contributed by atoms with Crippen LogP contribution < -0.4 is 10.6 Å². The predicted octanol–water partition coefficient (Wildman–Crippen LogP) is 3.66. The Labute approximate surface area is 153 Å². The molecule has 0 saturated carbocycles. The standard InChI is InChI=1S/C20H24N4O2/c1-14-7-9-24(10-8-14)20(26)16-11-19(13-21-12-16)23-18-5-3-17(4-6-18)22-15(2)25/h3-6,11-14,23H,7-10H2,1-2H3,(H,22,25). The average molecular weight is 352 g/mol. The van der Waals surface area contributed by atoms with Crippen LogP contribution in [0.5, 0.6) is 0 Å². The van der Waals surface area contributed by atoms with Gasteiger partial charge in [0.25, 0.3) is 5.91 Å². The van der Waals surface area contributed by atoms with Crippen LogP contribution in [-0.2, 0) is 4.79 Å². The van der Waals surface area contributed by atoms with E-state index in [1.54, 1.807) is 12.4 Å². The molecular weight excluding hydrogens is 328 g/mol. The molecule has 1 aromatic carbocycles. The third-order valence-corrected chi connectivity index (χ3v) is 4.55. The van der Waals surface area contributed by atoms with Gasteiger partial charge in [0.1, 0.15) is 0 Å². The first-order chi connectivity index (χ1) is 12.5. The summed E-state index contributed by atoms with van der Waals surface area (Å²) in [4.78, 5) is 29.9. The van der Waals surface area contributed by atoms with E-state index < -0.39 is 0 Å². The highest BCUT2D eigenvalue weighted by molar-refractivity contribution is 5.95. The van der Waals surface area contributed by atoms with Crippen LogP contribution in [0.1, 0.15) is 37.0 Å². The molecule has 1 fully saturated rings. The number of piperidine rings is 1. The predicted molar refractivity (Wildman–Crippen MR) is 103 cm³/mol. The summed E-state index contributed by atoms with van der Waals surface area (Å²) in [6, 6.07) is 9.20. The fourth-order valence-corrected chi connectivity index (χ4v) is 3.03. The molecule has 2 amide bonds. The first kappa shape index (κ1) is 17.9. The van der Waals surface area contributed by atoms with Gasteiger partial charge in [-0.1, -0.05) is 6.92 Å². The van der Waals surface area contributed by atoms with Crippen molar-refractivity contribution >= 4 is 28.9 Å². The van der Waals surface area contributed by atoms with Crippen molar-refractivity contribution < 1.29 is 9.59 Å². The molecule has 1 aliphatic heterocycles. The number of anilines is 3. The van der Waals surface area contributed by atoms with E-state index >= 15 is 0 Å². The fraction of sp³-hybridized carbons (Fsp3) is 0.350. The Kier molecular flexibility index (Phi) is 5.51. The maximum atomic E-state index is 12.7. The number of hydrogen-bond acceptors (Lipinski definition) is 4. The summed E-state index contributed by atoms with van der Waals surface area (Å²) in [6.07, 6.45) is 5.41. The summed E-state index contributed by atoms with van der Waals surface area (Å²) in [7, 11) is 0. The van der Waals surface area contributed by atoms with Gasteiger partial charge in [0, 0.05) is 37.6 Å². The number of amides is 2. The van der Waals surface area contributed by atoms with E-state index in [4.69, 9.17) is 0 Å². The van der Waals surface area contributed by atoms with Crippen molar-refractivity contribution in [3.8, 4) is 0 Å². The number of carbonyl (C=O) groups is 2. The van der Waals surface area contributed by atoms with Crippen LogP contribution in [0.25, 0.3) is 0 Å². The van der Waals surface area contributed by atoms with E-state index in [2.05, 4.69) is 22.5 Å². The number of carbonyl (C=O) groups excluding carboxylic acids is 2. The number of aromatic nitrogens is 1. The quantitative estimate of drug-likeness (QED) is 0.881. The van der Waals surface area contributed by atoms with Crippen LogP contribution >= 0.6 is 0 Å². The highest BCUT2D eigenvalue weighted by Crippen LogP contribution is 2.21. The second-order valence-corrected chi connectivity index (χ2v) is 6.82. The van der Waals surface area contributed by atoms with Crippen molar-refractivity contribution in [2.24, 2.45) is 5.92 Å². The van der Waals surface area contributed by atoms with Crippen molar-refractivity contribution in [3.05, 3.63) is 48.3 Å². The van der Waals surface area contributed by atoms with E-state index in [-0.39, 0.29) is 11.8 Å². The molecule has 2 N–H and O–H groups in total. The summed E-state index contributed by atoms with van der Waals surface area (Å²) < 4.78 is 0. The maximum absolute atomic E-state index is 12.7. The Bertz CT molecular complexity index is 781. The Balaban J connectivity index is 1.67. The Morgan fingerprint density at radius 1 is 1.04 bits per heavy atom. The van der Waals surface area contributed by atoms with Gasteiger partial charge in [-0.15, -0.1) is 0 Å². The maximum Gasteiger partial charge on any atom is 0.255 e. The molecule has 0 atom stereocenters. The van der Waals surface area contributed by atoms with E-state index in [1.165, 1.54) is 6.92 Å². The minimum absolute atomic E-state index is 0.0362. The number of nitrogens with zero attached hydrogens (tertiary/aromatic N) is 2. The molecule has 6 heteroatoms. The molecule has 2 aromatic rings. The SMILES string of the molecule is CC(=O)Nc1ccc(Nc2cncc(C(=O)N3CCC(C)CC3)c2)cc1. The van der Waals surface area contributed by atoms with Crippen LogP contribution in [0.4, 0.5) is 17.1 Å². The molecule has 0 bridgehead atoms. The second kappa shape index (κ2) is 7.99. The van der Waals surface area contributed by atoms with Gasteiger partial charge >= 0.3 is 0 Å². The lowest BCUT2D eigenvalue weighted by Gasteiger charge is -2.30. The molecule has 1 saturated heterocycles. The zero-order valence-corrected chi connectivity index (χ0v) is 15.2. The highest BCUT2D eigenvalue weighted by Gasteiger charge is 2.21. The van der Waals surface area contributed by atoms with Gasteiger partial charge in [-0.3, -0.25) is 14.6 Å². The van der Waals surface area contributed by atoms with Gasteiger partial charge in [-0.25, -0.2) is 0 Å². The molecule has 1 aliphatic rings. The molecular formula is C20H24N4O2. The molecule has 0 spiro atoms. The number of pyridine rings is 1. The molecule has 26 heavy (non-hydrogen) atoms. The number of likely N-dealkylation sites (tertiary alicyclic amines) is 1. The zero-order chi connectivity index (χ0) is 18.5. The average Bonchev–Trinajstić information content (AvgIpc) is 2.63. The molecule has 2 heterocycles. The van der Waals surface area contributed by atoms with Crippen molar-refractivity contribution in [1.82, 2.24) is 9.88 Å². The number of benzene rings is 1. The van der Waals surface area contributed by atoms with E-state index in [9.17, 15) is 9.59 Å². The monoisotopic (exact) mass is 352 g/mol. The van der Waals surface area contributed by atoms with E-state index in [0.717, 1.165) is 43.0 Å². The lowest BCUT2D eigenvalue weighted by atomic mass is 9.99. The Morgan fingerprint density at radius 3 is 2.35 bits per heavy atom. The zero-order valence-electron chi connectivity index (χ0n) is 15.2. The summed E-state index contributed by atoms with van der Waals surface area (Å²) in [6.45, 7) is 5.32. The van der Waals surface area contributed by atoms with Gasteiger partial charge in [-0.05, 0) is 49.1 Å². The normalized spacial score (nSPS) is 14.8. The first-order valence-corrected chi connectivity index (χ1v) is 8.90. The van der Waals surface area contributed by atoms with Crippen LogP contribution in [-0.4, -0.2) is 34.8 Å². The molecule has 136 valence electrons. The number of rotatable bonds is 4. The molecule has 0 unspecified atom stereocenters. The lowest BCUT2D eigenvalue weighted by Crippen LogP contribution is -2.37. The van der Waals surface area contributed by atoms with E-state index in [0.29, 0.717) is 11.5 Å². The molecule has 0 aliphatic carbocycles. The van der Waals surface area contributed by atoms with Crippen molar-refractivity contribution in [2.75, 3.05) is 23.7 Å². The largest absolute Gasteiger partial charge is 0.354 e. The summed E-state index contributed by atoms with van der Waals surface area (Å²) in [5.74, 6) is 0.618. The minimum Gasteiger partial charge on any atom is -0.354 e. The number of nitrogens with one attached hydrogen (secondary N) is 2. The van der Waals surface area contributed by atoms with Crippen LogP contribution in [0.15, 0.2) is 42.7 Å². The summed E-state index contributed by atoms with van der Waals surface area (Å²) in [5, 5.41) is 5.97. The minimum atomic E-state index is -0.103. The third kappa shape index (κ3) is 4.59. The van der Waals surface area contributed by atoms with Gasteiger partial charge < -0.3 is 15.5 Å². The Hall–Kier alpha value is -2.89. The molecule has 1 aromatic heterocycles. The summed E-state index contributed by atoms with van der Waals surface area (Å²) in [5.41, 5.74) is 2.95. The smallest absolute Gasteiger partial charge is 0.255 e. The lowest BCUT2D eigenvalue weighted by molar-refractivity contribution is -0.114. The fourth-order valence-electron chi connectivity index (χ4n) is 3.03. The Morgan fingerprint density at radius 2 is 1.69 bits per heavy atom. The third-order valence-electron chi connectivity index (χ3n) is 4.55. The van der Waals surface area contributed by atoms with E-state index in [1.807, 2.05) is 35.2 Å². The highest BCUT2D eigenvalue weighted by atomic mass is 16.2. The van der Waals surface area contributed by atoms with Gasteiger partial charge in [-0.2, -0.15) is 0 Å². The van der Waals surface area contributed by atoms with Crippen LogP contribution in [0, 0.1) is 5.92 Å². The van der Waals surface area contributed by atoms with Crippen molar-refractivity contribution in [2.45, 2.75) is 26.7 Å². The molecule has 0 radical (unpaired) electrons. The number of hydrogen-bond donors (Lipinski definition) is 2. The summed E-state index contributed by atoms with van der Waals surface area (Å²) >= 11 is 0. The molecule has 3 rings (SSSR count). The van der Waals surface area contributed by atoms with Gasteiger partial charge in [0.15, 0.2) is 0 Å². The molecule has 6 nitrogen and oxygen atoms in total. The van der Waals surface area contributed by atoms with Gasteiger partial charge in [0.05, 0.1) is 17.4 Å². The van der Waals surface area contributed by atoms with Crippen molar-refractivity contribution in [3.63, 3.8) is 0 Å². The van der Waals surface area contributed by atoms with Crippen molar-refractivity contribution in [1.29, 1.82) is 0 Å². The first-order valence-electron chi connectivity index (χ1n) is 8.90. The van der Waals surface area contributed by atoms with Gasteiger partial charge in [0.2, 0.25) is 5.91 Å². The van der Waals surface area contributed by atoms with Crippen LogP contribution in [0.2, 0.25) is 0 Å². The van der Waals surface area contributed by atoms with Crippen LogP contribution in [0.3, 0.4) is 0 Å². The second-order valence-electron chi connectivity index (χ2n) is 6.82. The topological polar surface area (TPSA) is 74.3 Å².